The molecule has 0 saturated heterocycles. The molecule has 0 aliphatic heterocycles. The summed E-state index contributed by atoms with van der Waals surface area (Å²) in [5.41, 5.74) is 1.63. The van der Waals surface area contributed by atoms with Gasteiger partial charge in [-0.3, -0.25) is 4.98 Å². The summed E-state index contributed by atoms with van der Waals surface area (Å²) in [6.45, 7) is 1.85. The van der Waals surface area contributed by atoms with E-state index < -0.39 is 0 Å². The Morgan fingerprint density at radius 2 is 1.95 bits per heavy atom. The molecule has 94 valence electrons. The number of halogens is 1. The van der Waals surface area contributed by atoms with Gasteiger partial charge in [-0.2, -0.15) is 0 Å². The summed E-state index contributed by atoms with van der Waals surface area (Å²) in [6.07, 6.45) is 3.45. The number of nitrogens with one attached hydrogen (secondary N) is 1. The fourth-order valence-electron chi connectivity index (χ4n) is 1.88. The van der Waals surface area contributed by atoms with Crippen molar-refractivity contribution < 1.29 is 0 Å². The van der Waals surface area contributed by atoms with Crippen molar-refractivity contribution in [2.45, 2.75) is 6.92 Å². The largest absolute Gasteiger partial charge is 0.338 e. The van der Waals surface area contributed by atoms with Gasteiger partial charge in [0, 0.05) is 11.6 Å². The maximum Gasteiger partial charge on any atom is 0.142 e. The third-order valence-corrected chi connectivity index (χ3v) is 3.07. The average Bonchev–Trinajstić information content (AvgIpc) is 2.41. The second-order valence-corrected chi connectivity index (χ2v) is 4.52. The monoisotopic (exact) mass is 270 g/mol. The summed E-state index contributed by atoms with van der Waals surface area (Å²) in [7, 11) is 0. The molecule has 0 unspecified atom stereocenters. The Morgan fingerprint density at radius 3 is 2.79 bits per heavy atom. The fraction of sp³-hybridized carbons (Fsp3) is 0.0714. The molecule has 4 nitrogen and oxygen atoms in total. The van der Waals surface area contributed by atoms with Crippen LogP contribution in [-0.2, 0) is 0 Å². The molecule has 3 rings (SSSR count). The van der Waals surface area contributed by atoms with Crippen molar-refractivity contribution in [3.8, 4) is 0 Å². The van der Waals surface area contributed by atoms with E-state index in [1.54, 1.807) is 12.4 Å². The zero-order chi connectivity index (χ0) is 13.2. The predicted molar refractivity (Wildman–Crippen MR) is 76.8 cm³/mol. The first kappa shape index (κ1) is 11.9. The van der Waals surface area contributed by atoms with Gasteiger partial charge in [0.25, 0.3) is 0 Å². The van der Waals surface area contributed by atoms with Crippen LogP contribution in [0.25, 0.3) is 10.9 Å². The van der Waals surface area contributed by atoms with Gasteiger partial charge < -0.3 is 5.32 Å². The second-order valence-electron chi connectivity index (χ2n) is 4.12. The van der Waals surface area contributed by atoms with Crippen LogP contribution >= 0.6 is 11.6 Å². The van der Waals surface area contributed by atoms with Crippen molar-refractivity contribution >= 4 is 34.0 Å². The maximum absolute atomic E-state index is 6.15. The second kappa shape index (κ2) is 4.82. The van der Waals surface area contributed by atoms with Crippen LogP contribution in [0.3, 0.4) is 0 Å². The molecule has 0 aliphatic carbocycles. The van der Waals surface area contributed by atoms with Crippen LogP contribution in [0, 0.1) is 6.92 Å². The number of hydrogen-bond donors (Lipinski definition) is 1. The molecule has 0 saturated carbocycles. The molecular weight excluding hydrogens is 260 g/mol. The van der Waals surface area contributed by atoms with Gasteiger partial charge in [-0.25, -0.2) is 9.97 Å². The zero-order valence-corrected chi connectivity index (χ0v) is 11.0. The first-order valence-corrected chi connectivity index (χ1v) is 6.22. The molecule has 0 spiro atoms. The number of fused-ring (bicyclic) bond motifs is 1. The highest BCUT2D eigenvalue weighted by Gasteiger charge is 2.07. The van der Waals surface area contributed by atoms with E-state index in [2.05, 4.69) is 20.3 Å². The summed E-state index contributed by atoms with van der Waals surface area (Å²) in [5, 5.41) is 4.82. The fourth-order valence-corrected chi connectivity index (χ4v) is 2.07. The molecular formula is C14H11ClN4. The van der Waals surface area contributed by atoms with E-state index in [0.29, 0.717) is 10.8 Å². The lowest BCUT2D eigenvalue weighted by Crippen LogP contribution is -1.99. The Kier molecular flexibility index (Phi) is 3.01. The third kappa shape index (κ3) is 2.35. The van der Waals surface area contributed by atoms with E-state index in [9.17, 15) is 0 Å². The number of hydrogen-bond acceptors (Lipinski definition) is 4. The molecule has 3 aromatic rings. The van der Waals surface area contributed by atoms with Gasteiger partial charge in [-0.05, 0) is 25.1 Å². The molecule has 2 heterocycles. The van der Waals surface area contributed by atoms with Gasteiger partial charge in [0.2, 0.25) is 0 Å². The van der Waals surface area contributed by atoms with Gasteiger partial charge in [0.1, 0.15) is 11.6 Å². The van der Waals surface area contributed by atoms with Crippen LogP contribution in [0.1, 0.15) is 5.82 Å². The average molecular weight is 271 g/mol. The Hall–Kier alpha value is -2.20. The van der Waals surface area contributed by atoms with Crippen LogP contribution in [0.5, 0.6) is 0 Å². The molecule has 0 fully saturated rings. The number of anilines is 2. The number of rotatable bonds is 2. The topological polar surface area (TPSA) is 50.7 Å². The van der Waals surface area contributed by atoms with E-state index in [1.165, 1.54) is 0 Å². The molecule has 1 aromatic carbocycles. The lowest BCUT2D eigenvalue weighted by molar-refractivity contribution is 1.09. The van der Waals surface area contributed by atoms with Crippen molar-refractivity contribution in [3.05, 3.63) is 53.6 Å². The molecule has 0 amide bonds. The first-order chi connectivity index (χ1) is 9.24. The summed E-state index contributed by atoms with van der Waals surface area (Å²) in [4.78, 5) is 12.9. The SMILES string of the molecule is Cc1nc(Nc2ccccc2Cl)c2ccncc2n1. The van der Waals surface area contributed by atoms with Crippen molar-refractivity contribution in [1.29, 1.82) is 0 Å². The Balaban J connectivity index is 2.13. The lowest BCUT2D eigenvalue weighted by Gasteiger charge is -2.10. The highest BCUT2D eigenvalue weighted by atomic mass is 35.5. The van der Waals surface area contributed by atoms with Gasteiger partial charge >= 0.3 is 0 Å². The van der Waals surface area contributed by atoms with Gasteiger partial charge in [-0.15, -0.1) is 0 Å². The first-order valence-electron chi connectivity index (χ1n) is 5.84. The van der Waals surface area contributed by atoms with E-state index in [4.69, 9.17) is 11.6 Å². The van der Waals surface area contributed by atoms with Crippen LogP contribution < -0.4 is 5.32 Å². The van der Waals surface area contributed by atoms with E-state index in [0.717, 1.165) is 22.4 Å². The highest BCUT2D eigenvalue weighted by molar-refractivity contribution is 6.33. The van der Waals surface area contributed by atoms with E-state index >= 15 is 0 Å². The van der Waals surface area contributed by atoms with Gasteiger partial charge in [0.05, 0.1) is 22.4 Å². The van der Waals surface area contributed by atoms with E-state index in [-0.39, 0.29) is 0 Å². The van der Waals surface area contributed by atoms with E-state index in [1.807, 2.05) is 37.3 Å². The number of aromatic nitrogens is 3. The number of nitrogens with zero attached hydrogens (tertiary/aromatic N) is 3. The Labute approximate surface area is 115 Å². The number of para-hydroxylation sites is 1. The zero-order valence-electron chi connectivity index (χ0n) is 10.3. The Bertz CT molecular complexity index is 742. The van der Waals surface area contributed by atoms with Gasteiger partial charge in [0.15, 0.2) is 0 Å². The highest BCUT2D eigenvalue weighted by Crippen LogP contribution is 2.27. The number of pyridine rings is 1. The number of benzene rings is 1. The molecule has 19 heavy (non-hydrogen) atoms. The minimum Gasteiger partial charge on any atom is -0.338 e. The third-order valence-electron chi connectivity index (χ3n) is 2.74. The molecule has 0 bridgehead atoms. The van der Waals surface area contributed by atoms with Crippen molar-refractivity contribution in [2.24, 2.45) is 0 Å². The minimum atomic E-state index is 0.654. The van der Waals surface area contributed by atoms with Crippen LogP contribution in [0.15, 0.2) is 42.7 Å². The maximum atomic E-state index is 6.15. The Morgan fingerprint density at radius 1 is 1.11 bits per heavy atom. The molecule has 1 N–H and O–H groups in total. The van der Waals surface area contributed by atoms with Crippen LogP contribution in [-0.4, -0.2) is 15.0 Å². The smallest absolute Gasteiger partial charge is 0.142 e. The molecule has 0 atom stereocenters. The lowest BCUT2D eigenvalue weighted by atomic mass is 10.2. The van der Waals surface area contributed by atoms with Crippen LogP contribution in [0.2, 0.25) is 5.02 Å². The van der Waals surface area contributed by atoms with Crippen LogP contribution in [0.4, 0.5) is 11.5 Å². The normalized spacial score (nSPS) is 10.6. The predicted octanol–water partition coefficient (Wildman–Crippen LogP) is 3.73. The quantitative estimate of drug-likeness (QED) is 0.771. The van der Waals surface area contributed by atoms with Crippen molar-refractivity contribution in [2.75, 3.05) is 5.32 Å². The summed E-state index contributed by atoms with van der Waals surface area (Å²) >= 11 is 6.15. The molecule has 2 aromatic heterocycles. The van der Waals surface area contributed by atoms with Gasteiger partial charge in [-0.1, -0.05) is 23.7 Å². The molecule has 0 radical (unpaired) electrons. The summed E-state index contributed by atoms with van der Waals surface area (Å²) in [6, 6.07) is 9.44. The summed E-state index contributed by atoms with van der Waals surface area (Å²) < 4.78 is 0. The minimum absolute atomic E-state index is 0.654. The van der Waals surface area contributed by atoms with Crippen molar-refractivity contribution in [1.82, 2.24) is 15.0 Å². The van der Waals surface area contributed by atoms with Crippen molar-refractivity contribution in [3.63, 3.8) is 0 Å². The summed E-state index contributed by atoms with van der Waals surface area (Å²) in [5.74, 6) is 1.42. The standard InChI is InChI=1S/C14H11ClN4/c1-9-17-13-8-16-7-6-10(13)14(18-9)19-12-5-3-2-4-11(12)15/h2-8H,1H3,(H,17,18,19). The number of aryl methyl sites for hydroxylation is 1. The molecule has 5 heteroatoms. The molecule has 0 aliphatic rings.